The van der Waals surface area contributed by atoms with Crippen LogP contribution in [0.3, 0.4) is 0 Å². The maximum Gasteiger partial charge on any atom is 0.269 e. The molecule has 0 aromatic heterocycles. The van der Waals surface area contributed by atoms with Gasteiger partial charge in [-0.1, -0.05) is 43.3 Å². The Labute approximate surface area is 162 Å². The number of hydrogen-bond donors (Lipinski definition) is 0. The number of ether oxygens (including phenoxy) is 1. The van der Waals surface area contributed by atoms with Gasteiger partial charge in [0.25, 0.3) is 11.8 Å². The monoisotopic (exact) mass is 389 g/mol. The summed E-state index contributed by atoms with van der Waals surface area (Å²) in [4.78, 5) is 13.9. The first-order valence-corrected chi connectivity index (χ1v) is 9.50. The van der Waals surface area contributed by atoms with Crippen LogP contribution in [0.1, 0.15) is 18.9 Å². The van der Waals surface area contributed by atoms with Gasteiger partial charge in [-0.05, 0) is 35.2 Å². The number of rotatable bonds is 4. The second-order valence-electron chi connectivity index (χ2n) is 7.65. The number of halogens is 3. The van der Waals surface area contributed by atoms with E-state index in [2.05, 4.69) is 0 Å². The fourth-order valence-electron chi connectivity index (χ4n) is 3.97. The van der Waals surface area contributed by atoms with E-state index in [4.69, 9.17) is 4.74 Å². The number of nitrogens with zero attached hydrogens (tertiary/aromatic N) is 1. The van der Waals surface area contributed by atoms with Crippen molar-refractivity contribution in [2.45, 2.75) is 37.8 Å². The molecule has 0 spiro atoms. The van der Waals surface area contributed by atoms with Crippen LogP contribution < -0.4 is 0 Å². The van der Waals surface area contributed by atoms with E-state index in [1.54, 1.807) is 12.1 Å². The predicted octanol–water partition coefficient (Wildman–Crippen LogP) is 4.31. The van der Waals surface area contributed by atoms with Crippen LogP contribution in [0.5, 0.6) is 0 Å². The zero-order valence-corrected chi connectivity index (χ0v) is 15.6. The molecule has 2 saturated heterocycles. The van der Waals surface area contributed by atoms with E-state index in [0.29, 0.717) is 19.4 Å². The average molecular weight is 389 g/mol. The van der Waals surface area contributed by atoms with E-state index >= 15 is 0 Å². The molecule has 0 aliphatic carbocycles. The van der Waals surface area contributed by atoms with Crippen LogP contribution in [0.15, 0.2) is 48.5 Å². The fourth-order valence-corrected chi connectivity index (χ4v) is 3.97. The van der Waals surface area contributed by atoms with E-state index < -0.39 is 30.5 Å². The summed E-state index contributed by atoms with van der Waals surface area (Å²) >= 11 is 0. The molecule has 4 rings (SSSR count). The Morgan fingerprint density at radius 1 is 1.18 bits per heavy atom. The van der Waals surface area contributed by atoms with Gasteiger partial charge in [0.15, 0.2) is 0 Å². The Kier molecular flexibility index (Phi) is 4.91. The molecule has 2 aromatic carbocycles. The van der Waals surface area contributed by atoms with Gasteiger partial charge in [-0.25, -0.2) is 13.2 Å². The lowest BCUT2D eigenvalue weighted by Crippen LogP contribution is -2.49. The summed E-state index contributed by atoms with van der Waals surface area (Å²) in [6, 6.07) is 13.1. The van der Waals surface area contributed by atoms with Crippen molar-refractivity contribution in [3.63, 3.8) is 0 Å². The van der Waals surface area contributed by atoms with E-state index in [9.17, 15) is 18.0 Å². The van der Waals surface area contributed by atoms with E-state index in [0.717, 1.165) is 16.7 Å². The molecule has 148 valence electrons. The second kappa shape index (κ2) is 7.24. The summed E-state index contributed by atoms with van der Waals surface area (Å²) in [6.07, 6.45) is 0.303. The quantitative estimate of drug-likeness (QED) is 0.780. The van der Waals surface area contributed by atoms with Gasteiger partial charge >= 0.3 is 0 Å². The standard InChI is InChI=1S/C22H22F3NO2/c1-14-19(26(13-22(14,24)25)21(27)20-8-9-28-20)11-15-4-2-5-16(10-15)17-6-3-7-18(23)12-17/h2-7,10,12,14,19-20H,8-9,11,13H2,1H3/t14-,19+,20?/m1/s1. The van der Waals surface area contributed by atoms with Gasteiger partial charge in [0.2, 0.25) is 0 Å². The summed E-state index contributed by atoms with van der Waals surface area (Å²) in [5.41, 5.74) is 2.38. The molecule has 2 fully saturated rings. The minimum Gasteiger partial charge on any atom is -0.368 e. The van der Waals surface area contributed by atoms with Gasteiger partial charge in [0.1, 0.15) is 11.9 Å². The summed E-state index contributed by atoms with van der Waals surface area (Å²) in [6.45, 7) is 1.42. The molecule has 3 nitrogen and oxygen atoms in total. The molecule has 0 N–H and O–H groups in total. The van der Waals surface area contributed by atoms with Crippen molar-refractivity contribution < 1.29 is 22.7 Å². The maximum absolute atomic E-state index is 14.4. The smallest absolute Gasteiger partial charge is 0.269 e. The van der Waals surface area contributed by atoms with E-state index in [1.807, 2.05) is 24.3 Å². The maximum atomic E-state index is 14.4. The molecule has 2 heterocycles. The molecule has 1 amide bonds. The number of likely N-dealkylation sites (tertiary alicyclic amines) is 1. The topological polar surface area (TPSA) is 29.5 Å². The molecule has 2 aliphatic rings. The molecule has 0 saturated carbocycles. The number of carbonyl (C=O) groups excluding carboxylic acids is 1. The van der Waals surface area contributed by atoms with Gasteiger partial charge in [0, 0.05) is 18.4 Å². The van der Waals surface area contributed by atoms with E-state index in [1.165, 1.54) is 24.0 Å². The lowest BCUT2D eigenvalue weighted by Gasteiger charge is -2.33. The summed E-state index contributed by atoms with van der Waals surface area (Å²) in [7, 11) is 0. The van der Waals surface area contributed by atoms with Gasteiger partial charge in [0.05, 0.1) is 13.2 Å². The van der Waals surface area contributed by atoms with Crippen LogP contribution in [0.4, 0.5) is 13.2 Å². The highest BCUT2D eigenvalue weighted by atomic mass is 19.3. The molecule has 28 heavy (non-hydrogen) atoms. The van der Waals surface area contributed by atoms with Gasteiger partial charge in [-0.15, -0.1) is 0 Å². The SMILES string of the molecule is C[C@@H]1[C@H](Cc2cccc(-c3cccc(F)c3)c2)N(C(=O)C2CCO2)CC1(F)F. The van der Waals surface area contributed by atoms with Crippen LogP contribution in [0.2, 0.25) is 0 Å². The van der Waals surface area contributed by atoms with Crippen molar-refractivity contribution in [1.29, 1.82) is 0 Å². The van der Waals surface area contributed by atoms with Gasteiger partial charge < -0.3 is 9.64 Å². The largest absolute Gasteiger partial charge is 0.368 e. The first-order valence-electron chi connectivity index (χ1n) is 9.50. The third kappa shape index (κ3) is 3.53. The summed E-state index contributed by atoms with van der Waals surface area (Å²) in [5, 5.41) is 0. The highest BCUT2D eigenvalue weighted by Gasteiger charge is 2.54. The molecule has 2 aromatic rings. The molecule has 2 aliphatic heterocycles. The van der Waals surface area contributed by atoms with Crippen molar-refractivity contribution in [3.8, 4) is 11.1 Å². The Bertz CT molecular complexity index is 882. The number of amides is 1. The lowest BCUT2D eigenvalue weighted by atomic mass is 9.92. The van der Waals surface area contributed by atoms with Crippen LogP contribution in [0, 0.1) is 11.7 Å². The van der Waals surface area contributed by atoms with Crippen LogP contribution in [-0.2, 0) is 16.0 Å². The predicted molar refractivity (Wildman–Crippen MR) is 99.5 cm³/mol. The first kappa shape index (κ1) is 19.0. The molecular formula is C22H22F3NO2. The third-order valence-corrected chi connectivity index (χ3v) is 5.81. The van der Waals surface area contributed by atoms with Crippen LogP contribution >= 0.6 is 0 Å². The molecule has 0 bridgehead atoms. The Hall–Kier alpha value is -2.34. The summed E-state index contributed by atoms with van der Waals surface area (Å²) < 4.78 is 47.6. The highest BCUT2D eigenvalue weighted by Crippen LogP contribution is 2.40. The normalized spacial score (nSPS) is 26.1. The fraction of sp³-hybridized carbons (Fsp3) is 0.409. The number of carbonyl (C=O) groups is 1. The van der Waals surface area contributed by atoms with Crippen molar-refractivity contribution in [2.24, 2.45) is 5.92 Å². The van der Waals surface area contributed by atoms with Crippen molar-refractivity contribution in [2.75, 3.05) is 13.2 Å². The Morgan fingerprint density at radius 3 is 2.50 bits per heavy atom. The highest BCUT2D eigenvalue weighted by molar-refractivity contribution is 5.82. The van der Waals surface area contributed by atoms with Gasteiger partial charge in [-0.2, -0.15) is 0 Å². The zero-order chi connectivity index (χ0) is 19.9. The zero-order valence-electron chi connectivity index (χ0n) is 15.6. The minimum absolute atomic E-state index is 0.318. The van der Waals surface area contributed by atoms with Crippen LogP contribution in [0.25, 0.3) is 11.1 Å². The van der Waals surface area contributed by atoms with E-state index in [-0.39, 0.29) is 11.7 Å². The molecular weight excluding hydrogens is 367 g/mol. The minimum atomic E-state index is -2.93. The lowest BCUT2D eigenvalue weighted by molar-refractivity contribution is -0.158. The molecule has 1 unspecified atom stereocenters. The number of benzene rings is 2. The van der Waals surface area contributed by atoms with Crippen molar-refractivity contribution in [1.82, 2.24) is 4.90 Å². The third-order valence-electron chi connectivity index (χ3n) is 5.81. The molecule has 3 atom stereocenters. The Balaban J connectivity index is 1.59. The first-order chi connectivity index (χ1) is 13.3. The Morgan fingerprint density at radius 2 is 1.86 bits per heavy atom. The van der Waals surface area contributed by atoms with Crippen molar-refractivity contribution >= 4 is 5.91 Å². The average Bonchev–Trinajstić information content (AvgIpc) is 2.84. The van der Waals surface area contributed by atoms with Crippen LogP contribution in [-0.4, -0.2) is 42.0 Å². The molecule has 6 heteroatoms. The van der Waals surface area contributed by atoms with Crippen molar-refractivity contribution in [3.05, 3.63) is 59.9 Å². The summed E-state index contributed by atoms with van der Waals surface area (Å²) in [5.74, 6) is -4.55. The number of alkyl halides is 2. The molecule has 0 radical (unpaired) electrons. The number of hydrogen-bond acceptors (Lipinski definition) is 2. The van der Waals surface area contributed by atoms with Gasteiger partial charge in [-0.3, -0.25) is 4.79 Å². The second-order valence-corrected chi connectivity index (χ2v) is 7.65.